The molecule has 6 heteroatoms. The van der Waals surface area contributed by atoms with E-state index >= 15 is 0 Å². The van der Waals surface area contributed by atoms with Crippen molar-refractivity contribution in [2.45, 2.75) is 19.6 Å². The Hall–Kier alpha value is -3.77. The van der Waals surface area contributed by atoms with Crippen molar-refractivity contribution in [3.8, 4) is 11.5 Å². The molecule has 4 aromatic carbocycles. The predicted molar refractivity (Wildman–Crippen MR) is 147 cm³/mol. The molecule has 0 aliphatic carbocycles. The number of benzene rings is 4. The first-order valence-electron chi connectivity index (χ1n) is 11.7. The van der Waals surface area contributed by atoms with Crippen LogP contribution in [0.5, 0.6) is 11.5 Å². The summed E-state index contributed by atoms with van der Waals surface area (Å²) in [5.41, 5.74) is 5.56. The van der Waals surface area contributed by atoms with Crippen molar-refractivity contribution >= 4 is 33.2 Å². The standard InChI is InChI=1S/C30H27BrN2O3/c1-20-13-15-22(16-14-20)33-29(24-17-27(35-2)28(36-3)18-25(24)31)32(19-21-9-5-4-6-10-21)26-12-8-7-11-23(26)30(33)34/h4-18,29H,19H2,1-3H3/t29-/m1/s1. The number of rotatable bonds is 6. The van der Waals surface area contributed by atoms with Gasteiger partial charge in [0.05, 0.1) is 25.5 Å². The van der Waals surface area contributed by atoms with Crippen LogP contribution in [0.3, 0.4) is 0 Å². The highest BCUT2D eigenvalue weighted by molar-refractivity contribution is 9.10. The van der Waals surface area contributed by atoms with Crippen LogP contribution in [0.15, 0.2) is 95.5 Å². The summed E-state index contributed by atoms with van der Waals surface area (Å²) in [7, 11) is 3.24. The largest absolute Gasteiger partial charge is 0.493 e. The second-order valence-corrected chi connectivity index (χ2v) is 9.60. The first kappa shape index (κ1) is 23.9. The van der Waals surface area contributed by atoms with Gasteiger partial charge in [0.2, 0.25) is 0 Å². The summed E-state index contributed by atoms with van der Waals surface area (Å²) in [5.74, 6) is 1.17. The minimum Gasteiger partial charge on any atom is -0.493 e. The number of hydrogen-bond acceptors (Lipinski definition) is 4. The van der Waals surface area contributed by atoms with Gasteiger partial charge in [-0.1, -0.05) is 76.1 Å². The summed E-state index contributed by atoms with van der Waals surface area (Å²) >= 11 is 3.77. The minimum absolute atomic E-state index is 0.0505. The fourth-order valence-electron chi connectivity index (χ4n) is 4.71. The smallest absolute Gasteiger partial charge is 0.262 e. The number of carbonyl (C=O) groups excluding carboxylic acids is 1. The molecule has 0 unspecified atom stereocenters. The highest BCUT2D eigenvalue weighted by Crippen LogP contribution is 2.46. The van der Waals surface area contributed by atoms with Gasteiger partial charge in [0.25, 0.3) is 5.91 Å². The Morgan fingerprint density at radius 2 is 1.47 bits per heavy atom. The summed E-state index contributed by atoms with van der Waals surface area (Å²) in [5, 5.41) is 0. The molecule has 1 atom stereocenters. The van der Waals surface area contributed by atoms with Crippen molar-refractivity contribution in [3.05, 3.63) is 118 Å². The number of para-hydroxylation sites is 1. The number of hydrogen-bond donors (Lipinski definition) is 0. The van der Waals surface area contributed by atoms with Crippen LogP contribution in [0.4, 0.5) is 11.4 Å². The third-order valence-electron chi connectivity index (χ3n) is 6.49. The fraction of sp³-hybridized carbons (Fsp3) is 0.167. The molecule has 4 aromatic rings. The molecule has 0 aromatic heterocycles. The maximum absolute atomic E-state index is 14.1. The Morgan fingerprint density at radius 1 is 0.833 bits per heavy atom. The summed E-state index contributed by atoms with van der Waals surface area (Å²) in [6.07, 6.45) is -0.440. The van der Waals surface area contributed by atoms with Gasteiger partial charge in [-0.05, 0) is 48.9 Å². The lowest BCUT2D eigenvalue weighted by Gasteiger charge is -2.46. The number of carbonyl (C=O) groups is 1. The molecule has 1 heterocycles. The molecule has 0 saturated heterocycles. The molecular weight excluding hydrogens is 516 g/mol. The lowest BCUT2D eigenvalue weighted by atomic mass is 9.98. The van der Waals surface area contributed by atoms with E-state index in [1.165, 1.54) is 0 Å². The van der Waals surface area contributed by atoms with Gasteiger partial charge in [-0.3, -0.25) is 9.69 Å². The van der Waals surface area contributed by atoms with Gasteiger partial charge in [-0.15, -0.1) is 0 Å². The van der Waals surface area contributed by atoms with Crippen molar-refractivity contribution in [1.82, 2.24) is 0 Å². The maximum Gasteiger partial charge on any atom is 0.262 e. The highest BCUT2D eigenvalue weighted by Gasteiger charge is 2.40. The van der Waals surface area contributed by atoms with E-state index in [0.29, 0.717) is 23.6 Å². The third kappa shape index (κ3) is 4.33. The highest BCUT2D eigenvalue weighted by atomic mass is 79.9. The first-order chi connectivity index (χ1) is 17.5. The molecule has 36 heavy (non-hydrogen) atoms. The summed E-state index contributed by atoms with van der Waals surface area (Å²) in [4.78, 5) is 18.2. The van der Waals surface area contributed by atoms with Gasteiger partial charge in [-0.25, -0.2) is 0 Å². The van der Waals surface area contributed by atoms with E-state index in [9.17, 15) is 4.79 Å². The van der Waals surface area contributed by atoms with Crippen LogP contribution < -0.4 is 19.3 Å². The summed E-state index contributed by atoms with van der Waals surface area (Å²) < 4.78 is 12.0. The Bertz CT molecular complexity index is 1390. The molecular formula is C30H27BrN2O3. The first-order valence-corrected chi connectivity index (χ1v) is 12.5. The second kappa shape index (κ2) is 10.1. The van der Waals surface area contributed by atoms with Crippen molar-refractivity contribution in [2.24, 2.45) is 0 Å². The molecule has 1 aliphatic heterocycles. The molecule has 0 N–H and O–H groups in total. The minimum atomic E-state index is -0.440. The number of nitrogens with zero attached hydrogens (tertiary/aromatic N) is 2. The molecule has 1 amide bonds. The fourth-order valence-corrected chi connectivity index (χ4v) is 5.23. The molecule has 0 fully saturated rings. The molecule has 0 spiro atoms. The van der Waals surface area contributed by atoms with Gasteiger partial charge in [0, 0.05) is 22.3 Å². The maximum atomic E-state index is 14.1. The van der Waals surface area contributed by atoms with E-state index in [4.69, 9.17) is 9.47 Å². The van der Waals surface area contributed by atoms with Crippen molar-refractivity contribution < 1.29 is 14.3 Å². The summed E-state index contributed by atoms with van der Waals surface area (Å²) in [6, 6.07) is 30.0. The Kier molecular flexibility index (Phi) is 6.70. The van der Waals surface area contributed by atoms with Crippen LogP contribution in [0.1, 0.15) is 33.2 Å². The SMILES string of the molecule is COc1cc(Br)c([C@@H]2N(Cc3ccccc3)c3ccccc3C(=O)N2c2ccc(C)cc2)cc1OC. The van der Waals surface area contributed by atoms with Crippen LogP contribution >= 0.6 is 15.9 Å². The number of fused-ring (bicyclic) bond motifs is 1. The van der Waals surface area contributed by atoms with Crippen LogP contribution in [0.2, 0.25) is 0 Å². The van der Waals surface area contributed by atoms with Gasteiger partial charge in [0.15, 0.2) is 11.5 Å². The van der Waals surface area contributed by atoms with Gasteiger partial charge >= 0.3 is 0 Å². The number of ether oxygens (including phenoxy) is 2. The van der Waals surface area contributed by atoms with Crippen LogP contribution in [0, 0.1) is 6.92 Å². The average Bonchev–Trinajstić information content (AvgIpc) is 2.91. The van der Waals surface area contributed by atoms with Gasteiger partial charge in [-0.2, -0.15) is 0 Å². The Morgan fingerprint density at radius 3 is 2.17 bits per heavy atom. The number of halogens is 1. The van der Waals surface area contributed by atoms with Crippen molar-refractivity contribution in [2.75, 3.05) is 24.0 Å². The van der Waals surface area contributed by atoms with E-state index in [0.717, 1.165) is 32.5 Å². The zero-order valence-corrected chi connectivity index (χ0v) is 22.0. The van der Waals surface area contributed by atoms with E-state index in [-0.39, 0.29) is 5.91 Å². The molecule has 5 rings (SSSR count). The topological polar surface area (TPSA) is 42.0 Å². The van der Waals surface area contributed by atoms with E-state index in [2.05, 4.69) is 33.0 Å². The van der Waals surface area contributed by atoms with E-state index in [1.54, 1.807) is 14.2 Å². The Balaban J connectivity index is 1.77. The number of aryl methyl sites for hydroxylation is 1. The van der Waals surface area contributed by atoms with Gasteiger partial charge < -0.3 is 14.4 Å². The van der Waals surface area contributed by atoms with Crippen LogP contribution in [0.25, 0.3) is 0 Å². The van der Waals surface area contributed by atoms with Gasteiger partial charge in [0.1, 0.15) is 6.17 Å². The van der Waals surface area contributed by atoms with Crippen molar-refractivity contribution in [3.63, 3.8) is 0 Å². The monoisotopic (exact) mass is 542 g/mol. The lowest BCUT2D eigenvalue weighted by Crippen LogP contribution is -2.49. The van der Waals surface area contributed by atoms with E-state index < -0.39 is 6.17 Å². The molecule has 182 valence electrons. The predicted octanol–water partition coefficient (Wildman–Crippen LogP) is 7.14. The molecule has 0 saturated carbocycles. The number of amides is 1. The number of anilines is 2. The molecule has 1 aliphatic rings. The van der Waals surface area contributed by atoms with Crippen molar-refractivity contribution in [1.29, 1.82) is 0 Å². The number of methoxy groups -OCH3 is 2. The molecule has 0 radical (unpaired) electrons. The normalized spacial score (nSPS) is 15.0. The average molecular weight is 543 g/mol. The van der Waals surface area contributed by atoms with E-state index in [1.807, 2.05) is 90.7 Å². The quantitative estimate of drug-likeness (QED) is 0.259. The third-order valence-corrected chi connectivity index (χ3v) is 7.18. The zero-order valence-electron chi connectivity index (χ0n) is 20.4. The second-order valence-electron chi connectivity index (χ2n) is 8.74. The zero-order chi connectivity index (χ0) is 25.2. The van der Waals surface area contributed by atoms with Crippen LogP contribution in [-0.2, 0) is 6.54 Å². The molecule has 0 bridgehead atoms. The Labute approximate surface area is 220 Å². The van der Waals surface area contributed by atoms with Crippen LogP contribution in [-0.4, -0.2) is 20.1 Å². The molecule has 5 nitrogen and oxygen atoms in total. The summed E-state index contributed by atoms with van der Waals surface area (Å²) in [6.45, 7) is 2.65. The lowest BCUT2D eigenvalue weighted by molar-refractivity contribution is 0.0968.